The Morgan fingerprint density at radius 2 is 2.10 bits per heavy atom. The number of nitrogens with one attached hydrogen (secondary N) is 1. The molecule has 2 aromatic rings. The Kier molecular flexibility index (Phi) is 5.78. The van der Waals surface area contributed by atoms with E-state index in [2.05, 4.69) is 10.3 Å². The van der Waals surface area contributed by atoms with Gasteiger partial charge >= 0.3 is 0 Å². The van der Waals surface area contributed by atoms with Crippen LogP contribution in [0.25, 0.3) is 0 Å². The third-order valence-corrected chi connectivity index (χ3v) is 2.91. The number of methoxy groups -OCH3 is 1. The van der Waals surface area contributed by atoms with Crippen LogP contribution < -0.4 is 10.1 Å². The highest BCUT2D eigenvalue weighted by Crippen LogP contribution is 2.16. The second-order valence-electron chi connectivity index (χ2n) is 4.36. The molecule has 1 N–H and O–H groups in total. The summed E-state index contributed by atoms with van der Waals surface area (Å²) >= 11 is 5.81. The van der Waals surface area contributed by atoms with Gasteiger partial charge in [0.25, 0.3) is 0 Å². The summed E-state index contributed by atoms with van der Waals surface area (Å²) in [7, 11) is 1.61. The summed E-state index contributed by atoms with van der Waals surface area (Å²) in [5, 5.41) is 3.52. The minimum atomic E-state index is -0.348. The van der Waals surface area contributed by atoms with Gasteiger partial charge in [0.05, 0.1) is 18.5 Å². The van der Waals surface area contributed by atoms with Gasteiger partial charge < -0.3 is 14.8 Å². The topological polar surface area (TPSA) is 43.4 Å². The standard InChI is InChI=1S/C15H16ClFN2O2/c1-20-4-5-21-15-3-2-14(10-19-15)18-9-11-6-12(16)8-13(17)7-11/h2-3,6-8,10,18H,4-5,9H2,1H3. The highest BCUT2D eigenvalue weighted by molar-refractivity contribution is 6.30. The van der Waals surface area contributed by atoms with Gasteiger partial charge in [0, 0.05) is 24.7 Å². The van der Waals surface area contributed by atoms with Crippen LogP contribution in [-0.4, -0.2) is 25.3 Å². The van der Waals surface area contributed by atoms with Crippen molar-refractivity contribution in [3.05, 3.63) is 52.9 Å². The molecule has 0 saturated carbocycles. The Labute approximate surface area is 127 Å². The Bertz CT molecular complexity index is 558. The van der Waals surface area contributed by atoms with E-state index in [1.807, 2.05) is 6.07 Å². The molecule has 1 aromatic heterocycles. The van der Waals surface area contributed by atoms with Crippen LogP contribution in [0, 0.1) is 5.82 Å². The average Bonchev–Trinajstić information content (AvgIpc) is 2.46. The lowest BCUT2D eigenvalue weighted by Crippen LogP contribution is -2.05. The van der Waals surface area contributed by atoms with E-state index in [-0.39, 0.29) is 5.82 Å². The van der Waals surface area contributed by atoms with Crippen LogP contribution in [0.2, 0.25) is 5.02 Å². The molecule has 0 aliphatic heterocycles. The molecule has 6 heteroatoms. The lowest BCUT2D eigenvalue weighted by Gasteiger charge is -2.08. The first-order valence-electron chi connectivity index (χ1n) is 6.44. The molecule has 0 bridgehead atoms. The van der Waals surface area contributed by atoms with E-state index in [4.69, 9.17) is 21.1 Å². The summed E-state index contributed by atoms with van der Waals surface area (Å²) in [4.78, 5) is 4.16. The van der Waals surface area contributed by atoms with E-state index in [0.29, 0.717) is 30.7 Å². The van der Waals surface area contributed by atoms with Crippen molar-refractivity contribution in [2.75, 3.05) is 25.6 Å². The van der Waals surface area contributed by atoms with Crippen LogP contribution >= 0.6 is 11.6 Å². The van der Waals surface area contributed by atoms with E-state index in [1.165, 1.54) is 12.1 Å². The SMILES string of the molecule is COCCOc1ccc(NCc2cc(F)cc(Cl)c2)cn1. The molecule has 0 amide bonds. The van der Waals surface area contributed by atoms with Crippen molar-refractivity contribution in [2.24, 2.45) is 0 Å². The molecule has 21 heavy (non-hydrogen) atoms. The van der Waals surface area contributed by atoms with Gasteiger partial charge in [0.1, 0.15) is 12.4 Å². The van der Waals surface area contributed by atoms with Gasteiger partial charge in [0.15, 0.2) is 0 Å². The molecule has 0 radical (unpaired) electrons. The van der Waals surface area contributed by atoms with Gasteiger partial charge in [-0.05, 0) is 29.8 Å². The molecule has 4 nitrogen and oxygen atoms in total. The normalized spacial score (nSPS) is 10.4. The second-order valence-corrected chi connectivity index (χ2v) is 4.79. The monoisotopic (exact) mass is 310 g/mol. The van der Waals surface area contributed by atoms with Crippen LogP contribution in [0.5, 0.6) is 5.88 Å². The molecular formula is C15H16ClFN2O2. The summed E-state index contributed by atoms with van der Waals surface area (Å²) in [5.74, 6) is 0.186. The molecule has 0 aliphatic carbocycles. The van der Waals surface area contributed by atoms with Crippen molar-refractivity contribution in [2.45, 2.75) is 6.54 Å². The second kappa shape index (κ2) is 7.81. The summed E-state index contributed by atoms with van der Waals surface area (Å²) in [5.41, 5.74) is 1.58. The van der Waals surface area contributed by atoms with Crippen LogP contribution in [0.1, 0.15) is 5.56 Å². The molecule has 0 atom stereocenters. The Balaban J connectivity index is 1.88. The summed E-state index contributed by atoms with van der Waals surface area (Å²) in [6.07, 6.45) is 1.66. The van der Waals surface area contributed by atoms with Crippen molar-refractivity contribution >= 4 is 17.3 Å². The Hall–Kier alpha value is -1.85. The Morgan fingerprint density at radius 1 is 1.24 bits per heavy atom. The highest BCUT2D eigenvalue weighted by Gasteiger charge is 2.01. The van der Waals surface area contributed by atoms with Crippen molar-refractivity contribution in [1.82, 2.24) is 4.98 Å². The van der Waals surface area contributed by atoms with Crippen LogP contribution in [0.4, 0.5) is 10.1 Å². The van der Waals surface area contributed by atoms with E-state index in [0.717, 1.165) is 11.3 Å². The quantitative estimate of drug-likeness (QED) is 0.795. The van der Waals surface area contributed by atoms with Gasteiger partial charge in [0.2, 0.25) is 5.88 Å². The molecule has 0 saturated heterocycles. The molecule has 0 spiro atoms. The van der Waals surface area contributed by atoms with Crippen LogP contribution in [0.3, 0.4) is 0 Å². The summed E-state index contributed by atoms with van der Waals surface area (Å²) in [6.45, 7) is 1.43. The minimum Gasteiger partial charge on any atom is -0.475 e. The first-order valence-corrected chi connectivity index (χ1v) is 6.82. The predicted octanol–water partition coefficient (Wildman–Crippen LogP) is 3.51. The highest BCUT2D eigenvalue weighted by atomic mass is 35.5. The zero-order chi connectivity index (χ0) is 15.1. The summed E-state index contributed by atoms with van der Waals surface area (Å²) < 4.78 is 23.5. The fourth-order valence-electron chi connectivity index (χ4n) is 1.72. The number of ether oxygens (including phenoxy) is 2. The smallest absolute Gasteiger partial charge is 0.213 e. The van der Waals surface area contributed by atoms with E-state index in [1.54, 1.807) is 25.4 Å². The lowest BCUT2D eigenvalue weighted by molar-refractivity contribution is 0.144. The summed E-state index contributed by atoms with van der Waals surface area (Å²) in [6, 6.07) is 8.03. The molecule has 0 fully saturated rings. The molecule has 2 rings (SSSR count). The number of aromatic nitrogens is 1. The fraction of sp³-hybridized carbons (Fsp3) is 0.267. The van der Waals surface area contributed by atoms with E-state index >= 15 is 0 Å². The van der Waals surface area contributed by atoms with Crippen LogP contribution in [-0.2, 0) is 11.3 Å². The fourth-order valence-corrected chi connectivity index (χ4v) is 1.96. The maximum atomic E-state index is 13.2. The van der Waals surface area contributed by atoms with Crippen molar-refractivity contribution < 1.29 is 13.9 Å². The van der Waals surface area contributed by atoms with E-state index < -0.39 is 0 Å². The number of hydrogen-bond donors (Lipinski definition) is 1. The zero-order valence-electron chi connectivity index (χ0n) is 11.6. The van der Waals surface area contributed by atoms with Crippen molar-refractivity contribution in [3.8, 4) is 5.88 Å². The zero-order valence-corrected chi connectivity index (χ0v) is 12.4. The maximum Gasteiger partial charge on any atom is 0.213 e. The van der Waals surface area contributed by atoms with Gasteiger partial charge in [-0.1, -0.05) is 11.6 Å². The molecule has 112 valence electrons. The van der Waals surface area contributed by atoms with Gasteiger partial charge in [-0.2, -0.15) is 0 Å². The average molecular weight is 311 g/mol. The van der Waals surface area contributed by atoms with Gasteiger partial charge in [-0.3, -0.25) is 0 Å². The minimum absolute atomic E-state index is 0.348. The number of benzene rings is 1. The molecule has 1 heterocycles. The van der Waals surface area contributed by atoms with Crippen molar-refractivity contribution in [3.63, 3.8) is 0 Å². The molecule has 0 aliphatic rings. The van der Waals surface area contributed by atoms with Crippen molar-refractivity contribution in [1.29, 1.82) is 0 Å². The predicted molar refractivity (Wildman–Crippen MR) is 80.3 cm³/mol. The number of nitrogens with zero attached hydrogens (tertiary/aromatic N) is 1. The van der Waals surface area contributed by atoms with Gasteiger partial charge in [-0.15, -0.1) is 0 Å². The maximum absolute atomic E-state index is 13.2. The first kappa shape index (κ1) is 15.5. The largest absolute Gasteiger partial charge is 0.475 e. The lowest BCUT2D eigenvalue weighted by atomic mass is 10.2. The number of halogens is 2. The van der Waals surface area contributed by atoms with Gasteiger partial charge in [-0.25, -0.2) is 9.37 Å². The Morgan fingerprint density at radius 3 is 2.76 bits per heavy atom. The third kappa shape index (κ3) is 5.21. The number of anilines is 1. The first-order chi connectivity index (χ1) is 10.2. The number of hydrogen-bond acceptors (Lipinski definition) is 4. The third-order valence-electron chi connectivity index (χ3n) is 2.69. The molecular weight excluding hydrogens is 295 g/mol. The number of pyridine rings is 1. The molecule has 0 unspecified atom stereocenters. The van der Waals surface area contributed by atoms with Crippen LogP contribution in [0.15, 0.2) is 36.5 Å². The number of rotatable bonds is 7. The molecule has 1 aromatic carbocycles. The van der Waals surface area contributed by atoms with E-state index in [9.17, 15) is 4.39 Å².